The number of nitrogens with one attached hydrogen (secondary N) is 1. The van der Waals surface area contributed by atoms with Crippen molar-refractivity contribution in [1.82, 2.24) is 5.32 Å². The summed E-state index contributed by atoms with van der Waals surface area (Å²) in [6, 6.07) is 6.09. The predicted octanol–water partition coefficient (Wildman–Crippen LogP) is 3.88. The minimum Gasteiger partial charge on any atom is -0.369 e. The first-order valence-electron chi connectivity index (χ1n) is 7.39. The highest BCUT2D eigenvalue weighted by Crippen LogP contribution is 2.33. The van der Waals surface area contributed by atoms with Gasteiger partial charge in [-0.05, 0) is 37.9 Å². The summed E-state index contributed by atoms with van der Waals surface area (Å²) in [5.41, 5.74) is 1.85. The Kier molecular flexibility index (Phi) is 4.81. The van der Waals surface area contributed by atoms with Crippen LogP contribution in [0.2, 0.25) is 0 Å². The highest BCUT2D eigenvalue weighted by Gasteiger charge is 2.25. The van der Waals surface area contributed by atoms with E-state index in [-0.39, 0.29) is 11.9 Å². The van der Waals surface area contributed by atoms with Crippen LogP contribution in [0.5, 0.6) is 0 Å². The summed E-state index contributed by atoms with van der Waals surface area (Å²) in [5, 5.41) is 3.38. The monoisotopic (exact) mass is 264 g/mol. The molecular formula is C16H25FN2. The Morgan fingerprint density at radius 1 is 1.37 bits per heavy atom. The van der Waals surface area contributed by atoms with E-state index in [9.17, 15) is 4.39 Å². The summed E-state index contributed by atoms with van der Waals surface area (Å²) < 4.78 is 14.3. The van der Waals surface area contributed by atoms with Crippen molar-refractivity contribution in [3.63, 3.8) is 0 Å². The van der Waals surface area contributed by atoms with Crippen LogP contribution >= 0.6 is 0 Å². The van der Waals surface area contributed by atoms with E-state index in [1.54, 1.807) is 6.07 Å². The second kappa shape index (κ2) is 6.38. The molecule has 2 nitrogen and oxygen atoms in total. The van der Waals surface area contributed by atoms with Gasteiger partial charge in [-0.2, -0.15) is 0 Å². The molecule has 1 atom stereocenters. The van der Waals surface area contributed by atoms with Crippen LogP contribution in [0.1, 0.15) is 51.1 Å². The van der Waals surface area contributed by atoms with Crippen LogP contribution in [0, 0.1) is 5.82 Å². The van der Waals surface area contributed by atoms with Crippen molar-refractivity contribution in [3.8, 4) is 0 Å². The first-order chi connectivity index (χ1) is 9.15. The Balaban J connectivity index is 2.31. The topological polar surface area (TPSA) is 15.3 Å². The van der Waals surface area contributed by atoms with Crippen molar-refractivity contribution < 1.29 is 4.39 Å². The van der Waals surface area contributed by atoms with Crippen molar-refractivity contribution in [3.05, 3.63) is 29.6 Å². The molecule has 3 heteroatoms. The van der Waals surface area contributed by atoms with Crippen LogP contribution < -0.4 is 10.2 Å². The molecule has 2 rings (SSSR count). The maximum Gasteiger partial charge on any atom is 0.146 e. The SMILES string of the molecule is CCNC(C)c1cccc(F)c1N(C)C1CCCC1. The first kappa shape index (κ1) is 14.3. The smallest absolute Gasteiger partial charge is 0.146 e. The molecule has 0 spiro atoms. The van der Waals surface area contributed by atoms with Gasteiger partial charge in [-0.1, -0.05) is 31.9 Å². The van der Waals surface area contributed by atoms with Crippen molar-refractivity contribution in [2.24, 2.45) is 0 Å². The summed E-state index contributed by atoms with van der Waals surface area (Å²) in [5.74, 6) is -0.100. The second-order valence-electron chi connectivity index (χ2n) is 5.51. The fourth-order valence-electron chi connectivity index (χ4n) is 3.14. The molecule has 1 aromatic carbocycles. The highest BCUT2D eigenvalue weighted by atomic mass is 19.1. The average Bonchev–Trinajstić information content (AvgIpc) is 2.92. The lowest BCUT2D eigenvalue weighted by atomic mass is 10.0. The number of nitrogens with zero attached hydrogens (tertiary/aromatic N) is 1. The third kappa shape index (κ3) is 3.08. The summed E-state index contributed by atoms with van der Waals surface area (Å²) in [4.78, 5) is 2.16. The highest BCUT2D eigenvalue weighted by molar-refractivity contribution is 5.56. The number of para-hydroxylation sites is 1. The first-order valence-corrected chi connectivity index (χ1v) is 7.39. The van der Waals surface area contributed by atoms with Gasteiger partial charge in [0, 0.05) is 19.1 Å². The molecule has 106 valence electrons. The van der Waals surface area contributed by atoms with E-state index in [0.29, 0.717) is 6.04 Å². The van der Waals surface area contributed by atoms with Gasteiger partial charge in [-0.15, -0.1) is 0 Å². The fraction of sp³-hybridized carbons (Fsp3) is 0.625. The Hall–Kier alpha value is -1.09. The van der Waals surface area contributed by atoms with Crippen molar-refractivity contribution in [2.45, 2.75) is 51.6 Å². The number of hydrogen-bond donors (Lipinski definition) is 1. The van der Waals surface area contributed by atoms with Crippen LogP contribution in [0.25, 0.3) is 0 Å². The summed E-state index contributed by atoms with van der Waals surface area (Å²) >= 11 is 0. The van der Waals surface area contributed by atoms with E-state index in [1.165, 1.54) is 25.7 Å². The number of benzene rings is 1. The Labute approximate surface area is 116 Å². The fourth-order valence-corrected chi connectivity index (χ4v) is 3.14. The molecule has 0 amide bonds. The summed E-state index contributed by atoms with van der Waals surface area (Å²) in [7, 11) is 2.04. The lowest BCUT2D eigenvalue weighted by Gasteiger charge is -2.30. The predicted molar refractivity (Wildman–Crippen MR) is 79.2 cm³/mol. The molecule has 1 aliphatic rings. The number of rotatable bonds is 5. The molecule has 0 bridgehead atoms. The minimum atomic E-state index is -0.100. The van der Waals surface area contributed by atoms with Crippen LogP contribution in [0.15, 0.2) is 18.2 Å². The quantitative estimate of drug-likeness (QED) is 0.868. The molecule has 1 aliphatic carbocycles. The van der Waals surface area contributed by atoms with Crippen molar-refractivity contribution in [1.29, 1.82) is 0 Å². The van der Waals surface area contributed by atoms with Gasteiger partial charge in [0.05, 0.1) is 5.69 Å². The number of hydrogen-bond acceptors (Lipinski definition) is 2. The lowest BCUT2D eigenvalue weighted by molar-refractivity contribution is 0.564. The van der Waals surface area contributed by atoms with Gasteiger partial charge in [-0.25, -0.2) is 4.39 Å². The molecule has 1 unspecified atom stereocenters. The second-order valence-corrected chi connectivity index (χ2v) is 5.51. The van der Waals surface area contributed by atoms with Gasteiger partial charge in [0.1, 0.15) is 5.82 Å². The normalized spacial score (nSPS) is 17.7. The van der Waals surface area contributed by atoms with Gasteiger partial charge < -0.3 is 10.2 Å². The molecule has 0 heterocycles. The summed E-state index contributed by atoms with van der Waals surface area (Å²) in [6.07, 6.45) is 4.89. The van der Waals surface area contributed by atoms with Crippen molar-refractivity contribution in [2.75, 3.05) is 18.5 Å². The van der Waals surface area contributed by atoms with E-state index < -0.39 is 0 Å². The minimum absolute atomic E-state index is 0.100. The Morgan fingerprint density at radius 3 is 2.68 bits per heavy atom. The van der Waals surface area contributed by atoms with Crippen LogP contribution in [-0.4, -0.2) is 19.6 Å². The summed E-state index contributed by atoms with van der Waals surface area (Å²) in [6.45, 7) is 5.07. The van der Waals surface area contributed by atoms with Gasteiger partial charge in [0.2, 0.25) is 0 Å². The molecule has 0 saturated heterocycles. The average molecular weight is 264 g/mol. The lowest BCUT2D eigenvalue weighted by Crippen LogP contribution is -2.32. The molecule has 0 radical (unpaired) electrons. The van der Waals surface area contributed by atoms with Crippen LogP contribution in [-0.2, 0) is 0 Å². The maximum atomic E-state index is 14.3. The van der Waals surface area contributed by atoms with Gasteiger partial charge in [0.25, 0.3) is 0 Å². The van der Waals surface area contributed by atoms with E-state index in [4.69, 9.17) is 0 Å². The zero-order chi connectivity index (χ0) is 13.8. The molecule has 19 heavy (non-hydrogen) atoms. The van der Waals surface area contributed by atoms with Crippen LogP contribution in [0.4, 0.5) is 10.1 Å². The molecule has 1 aromatic rings. The molecular weight excluding hydrogens is 239 g/mol. The largest absolute Gasteiger partial charge is 0.369 e. The molecule has 0 aliphatic heterocycles. The van der Waals surface area contributed by atoms with Gasteiger partial charge in [-0.3, -0.25) is 0 Å². The zero-order valence-electron chi connectivity index (χ0n) is 12.2. The third-order valence-corrected chi connectivity index (χ3v) is 4.22. The van der Waals surface area contributed by atoms with E-state index in [2.05, 4.69) is 24.1 Å². The van der Waals surface area contributed by atoms with E-state index in [1.807, 2.05) is 19.2 Å². The van der Waals surface area contributed by atoms with Crippen molar-refractivity contribution >= 4 is 5.69 Å². The maximum absolute atomic E-state index is 14.3. The van der Waals surface area contributed by atoms with Crippen LogP contribution in [0.3, 0.4) is 0 Å². The molecule has 0 aromatic heterocycles. The molecule has 1 saturated carbocycles. The van der Waals surface area contributed by atoms with Gasteiger partial charge in [0.15, 0.2) is 0 Å². The number of anilines is 1. The zero-order valence-corrected chi connectivity index (χ0v) is 12.2. The third-order valence-electron chi connectivity index (χ3n) is 4.22. The number of halogens is 1. The Morgan fingerprint density at radius 2 is 2.05 bits per heavy atom. The van der Waals surface area contributed by atoms with E-state index in [0.717, 1.165) is 17.8 Å². The Bertz CT molecular complexity index is 413. The molecule has 1 fully saturated rings. The molecule has 1 N–H and O–H groups in total. The van der Waals surface area contributed by atoms with E-state index >= 15 is 0 Å². The standard InChI is InChI=1S/C16H25FN2/c1-4-18-12(2)14-10-7-11-15(17)16(14)19(3)13-8-5-6-9-13/h7,10-13,18H,4-6,8-9H2,1-3H3. The van der Waals surface area contributed by atoms with Gasteiger partial charge >= 0.3 is 0 Å².